The van der Waals surface area contributed by atoms with Crippen LogP contribution in [0.25, 0.3) is 22.2 Å². The lowest BCUT2D eigenvalue weighted by Crippen LogP contribution is -2.56. The third kappa shape index (κ3) is 5.70. The van der Waals surface area contributed by atoms with Crippen LogP contribution in [0.3, 0.4) is 0 Å². The van der Waals surface area contributed by atoms with Crippen LogP contribution in [0.5, 0.6) is 11.5 Å². The number of hydrogen-bond acceptors (Lipinski definition) is 8. The number of carbonyl (C=O) groups excluding carboxylic acids is 3. The Kier molecular flexibility index (Phi) is 7.50. The maximum Gasteiger partial charge on any atom is 0.259 e. The van der Waals surface area contributed by atoms with Crippen LogP contribution in [0.1, 0.15) is 38.5 Å². The Morgan fingerprint density at radius 2 is 1.83 bits per heavy atom. The zero-order valence-electron chi connectivity index (χ0n) is 25.5. The van der Waals surface area contributed by atoms with Crippen molar-refractivity contribution in [3.63, 3.8) is 0 Å². The zero-order valence-corrected chi connectivity index (χ0v) is 26.3. The summed E-state index contributed by atoms with van der Waals surface area (Å²) >= 11 is 0. The molecule has 0 bridgehead atoms. The van der Waals surface area contributed by atoms with Gasteiger partial charge in [-0.25, -0.2) is 13.4 Å². The van der Waals surface area contributed by atoms with Gasteiger partial charge in [0.05, 0.1) is 30.1 Å². The summed E-state index contributed by atoms with van der Waals surface area (Å²) in [6.45, 7) is 3.96. The predicted octanol–water partition coefficient (Wildman–Crippen LogP) is 3.34. The molecule has 4 atom stereocenters. The first-order valence-corrected chi connectivity index (χ1v) is 17.2. The molecule has 4 aliphatic rings. The fourth-order valence-corrected chi connectivity index (χ4v) is 7.66. The van der Waals surface area contributed by atoms with Crippen molar-refractivity contribution in [2.24, 2.45) is 11.8 Å². The largest absolute Gasteiger partial charge is 0.497 e. The molecule has 2 aromatic carbocycles. The predicted molar refractivity (Wildman–Crippen MR) is 170 cm³/mol. The lowest BCUT2D eigenvalue weighted by atomic mass is 10.1. The number of nitrogens with one attached hydrogen (secondary N) is 2. The van der Waals surface area contributed by atoms with Gasteiger partial charge in [0, 0.05) is 41.3 Å². The van der Waals surface area contributed by atoms with Gasteiger partial charge in [-0.1, -0.05) is 36.4 Å². The molecule has 240 valence electrons. The Hall–Kier alpha value is -4.45. The second-order valence-electron chi connectivity index (χ2n) is 12.7. The van der Waals surface area contributed by atoms with Crippen molar-refractivity contribution >= 4 is 38.6 Å². The van der Waals surface area contributed by atoms with Crippen molar-refractivity contribution in [2.45, 2.75) is 61.5 Å². The van der Waals surface area contributed by atoms with Crippen molar-refractivity contribution in [2.75, 3.05) is 13.7 Å². The molecule has 11 nitrogen and oxygen atoms in total. The molecule has 0 unspecified atom stereocenters. The maximum atomic E-state index is 13.9. The lowest BCUT2D eigenvalue weighted by Gasteiger charge is -2.26. The number of pyridine rings is 1. The first-order chi connectivity index (χ1) is 22.1. The molecular weight excluding hydrogens is 608 g/mol. The van der Waals surface area contributed by atoms with Gasteiger partial charge in [-0.2, -0.15) is 0 Å². The number of sulfonamides is 1. The van der Waals surface area contributed by atoms with Gasteiger partial charge >= 0.3 is 0 Å². The number of nitrogens with zero attached hydrogens (tertiary/aromatic N) is 2. The van der Waals surface area contributed by atoms with Crippen molar-refractivity contribution in [1.82, 2.24) is 19.9 Å². The molecule has 3 aliphatic carbocycles. The Morgan fingerprint density at radius 1 is 1.07 bits per heavy atom. The number of aromatic nitrogens is 1. The van der Waals surface area contributed by atoms with Gasteiger partial charge in [-0.15, -0.1) is 6.58 Å². The topological polar surface area (TPSA) is 144 Å². The molecule has 3 amide bonds. The molecule has 2 N–H and O–H groups in total. The fourth-order valence-electron chi connectivity index (χ4n) is 6.30. The van der Waals surface area contributed by atoms with Crippen molar-refractivity contribution in [1.29, 1.82) is 0 Å². The van der Waals surface area contributed by atoms with Crippen LogP contribution in [0, 0.1) is 11.8 Å². The standard InChI is InChI=1S/C34H36N4O7S/c1-3-22-18-34(22,33(41)37-46(42,43)25-12-13-25)36-31(39)29-16-24(19-38(29)32(40)21-9-10-21)45-30-17-27(20-7-5-4-6-8-20)35-28-15-23(44-2)11-14-26(28)30/h3-8,11,14-15,17,21-22,24-25,29H,1,9-10,12-13,16,18-19H2,2H3,(H,36,39)(H,37,41)/t22-,24-,29+,34-/m1/s1. The zero-order chi connectivity index (χ0) is 32.2. The Balaban J connectivity index is 1.16. The molecule has 1 saturated heterocycles. The highest BCUT2D eigenvalue weighted by molar-refractivity contribution is 7.91. The van der Waals surface area contributed by atoms with E-state index in [1.807, 2.05) is 54.6 Å². The van der Waals surface area contributed by atoms with Crippen LogP contribution in [0.4, 0.5) is 0 Å². The number of ether oxygens (including phenoxy) is 2. The van der Waals surface area contributed by atoms with E-state index in [1.54, 1.807) is 18.1 Å². The molecular formula is C34H36N4O7S. The molecule has 0 spiro atoms. The van der Waals surface area contributed by atoms with E-state index in [1.165, 1.54) is 0 Å². The molecule has 7 rings (SSSR count). The summed E-state index contributed by atoms with van der Waals surface area (Å²) in [7, 11) is -2.22. The highest BCUT2D eigenvalue weighted by Crippen LogP contribution is 2.46. The van der Waals surface area contributed by atoms with E-state index in [0.717, 1.165) is 23.8 Å². The second kappa shape index (κ2) is 11.4. The number of benzene rings is 2. The summed E-state index contributed by atoms with van der Waals surface area (Å²) in [6.07, 6.45) is 3.97. The molecule has 4 fully saturated rings. The highest BCUT2D eigenvalue weighted by atomic mass is 32.2. The smallest absolute Gasteiger partial charge is 0.259 e. The number of amides is 3. The summed E-state index contributed by atoms with van der Waals surface area (Å²) in [4.78, 5) is 47.0. The molecule has 0 radical (unpaired) electrons. The van der Waals surface area contributed by atoms with Gasteiger partial charge in [-0.05, 0) is 44.2 Å². The van der Waals surface area contributed by atoms with E-state index in [4.69, 9.17) is 14.5 Å². The molecule has 12 heteroatoms. The van der Waals surface area contributed by atoms with E-state index in [-0.39, 0.29) is 31.2 Å². The maximum absolute atomic E-state index is 13.9. The number of hydrogen-bond donors (Lipinski definition) is 2. The van der Waals surface area contributed by atoms with Gasteiger partial charge in [0.1, 0.15) is 29.2 Å². The number of rotatable bonds is 11. The SMILES string of the molecule is C=C[C@@H]1C[C@]1(NC(=O)[C@@H]1C[C@@H](Oc2cc(-c3ccccc3)nc3cc(OC)ccc23)CN1C(=O)C1CC1)C(=O)NS(=O)(=O)C1CC1. The fraction of sp³-hybridized carbons (Fsp3) is 0.412. The van der Waals surface area contributed by atoms with Crippen LogP contribution >= 0.6 is 0 Å². The van der Waals surface area contributed by atoms with Crippen LogP contribution < -0.4 is 19.5 Å². The van der Waals surface area contributed by atoms with Crippen molar-refractivity contribution in [3.8, 4) is 22.8 Å². The molecule has 3 aromatic rings. The number of methoxy groups -OCH3 is 1. The normalized spacial score (nSPS) is 25.5. The van der Waals surface area contributed by atoms with E-state index < -0.39 is 50.7 Å². The molecule has 1 aliphatic heterocycles. The molecule has 3 saturated carbocycles. The van der Waals surface area contributed by atoms with Crippen LogP contribution in [0.2, 0.25) is 0 Å². The summed E-state index contributed by atoms with van der Waals surface area (Å²) in [5.74, 6) is -0.763. The lowest BCUT2D eigenvalue weighted by molar-refractivity contribution is -0.140. The van der Waals surface area contributed by atoms with E-state index >= 15 is 0 Å². The third-order valence-corrected chi connectivity index (χ3v) is 11.2. The molecule has 2 heterocycles. The van der Waals surface area contributed by atoms with Crippen LogP contribution in [-0.2, 0) is 24.4 Å². The molecule has 1 aromatic heterocycles. The first kappa shape index (κ1) is 30.2. The van der Waals surface area contributed by atoms with Crippen molar-refractivity contribution < 1.29 is 32.3 Å². The highest BCUT2D eigenvalue weighted by Gasteiger charge is 2.62. The minimum atomic E-state index is -3.82. The number of likely N-dealkylation sites (tertiary alicyclic amines) is 1. The van der Waals surface area contributed by atoms with E-state index in [2.05, 4.69) is 16.6 Å². The monoisotopic (exact) mass is 644 g/mol. The van der Waals surface area contributed by atoms with Crippen LogP contribution in [0.15, 0.2) is 67.3 Å². The Morgan fingerprint density at radius 3 is 2.48 bits per heavy atom. The van der Waals surface area contributed by atoms with Gasteiger partial charge in [0.15, 0.2) is 0 Å². The molecule has 46 heavy (non-hydrogen) atoms. The minimum absolute atomic E-state index is 0.119. The van der Waals surface area contributed by atoms with Gasteiger partial charge in [0.2, 0.25) is 21.8 Å². The van der Waals surface area contributed by atoms with E-state index in [9.17, 15) is 22.8 Å². The van der Waals surface area contributed by atoms with E-state index in [0.29, 0.717) is 35.6 Å². The van der Waals surface area contributed by atoms with Gasteiger partial charge in [-0.3, -0.25) is 19.1 Å². The van der Waals surface area contributed by atoms with Crippen molar-refractivity contribution in [3.05, 3.63) is 67.3 Å². The summed E-state index contributed by atoms with van der Waals surface area (Å²) in [6, 6.07) is 16.2. The Labute approximate surface area is 267 Å². The second-order valence-corrected chi connectivity index (χ2v) is 14.7. The average Bonchev–Trinajstić information content (AvgIpc) is 3.94. The number of fused-ring (bicyclic) bond motifs is 1. The third-order valence-electron chi connectivity index (χ3n) is 9.37. The minimum Gasteiger partial charge on any atom is -0.497 e. The Bertz CT molecular complexity index is 1840. The number of carbonyl (C=O) groups is 3. The summed E-state index contributed by atoms with van der Waals surface area (Å²) in [5.41, 5.74) is 0.846. The van der Waals surface area contributed by atoms with Crippen LogP contribution in [-0.4, -0.2) is 72.6 Å². The summed E-state index contributed by atoms with van der Waals surface area (Å²) < 4.78 is 39.3. The average molecular weight is 645 g/mol. The quantitative estimate of drug-likeness (QED) is 0.303. The summed E-state index contributed by atoms with van der Waals surface area (Å²) in [5, 5.41) is 3.00. The van der Waals surface area contributed by atoms with Gasteiger partial charge in [0.25, 0.3) is 5.91 Å². The van der Waals surface area contributed by atoms with Gasteiger partial charge < -0.3 is 19.7 Å². The first-order valence-electron chi connectivity index (χ1n) is 15.6.